The number of rotatable bonds is 4. The van der Waals surface area contributed by atoms with Crippen molar-refractivity contribution in [3.05, 3.63) is 59.3 Å². The van der Waals surface area contributed by atoms with Gasteiger partial charge in [0.15, 0.2) is 5.82 Å². The van der Waals surface area contributed by atoms with Crippen molar-refractivity contribution >= 4 is 5.91 Å². The number of hydrogen-bond donors (Lipinski definition) is 2. The van der Waals surface area contributed by atoms with Crippen LogP contribution in [0.1, 0.15) is 40.3 Å². The van der Waals surface area contributed by atoms with E-state index in [1.165, 1.54) is 0 Å². The number of aryl methyl sites for hydroxylation is 2. The zero-order valence-corrected chi connectivity index (χ0v) is 13.2. The Bertz CT molecular complexity index is 784. The smallest absolute Gasteiger partial charge is 0.253 e. The summed E-state index contributed by atoms with van der Waals surface area (Å²) in [5.74, 6) is 0.498. The lowest BCUT2D eigenvalue weighted by molar-refractivity contribution is 0.0939. The van der Waals surface area contributed by atoms with E-state index in [-0.39, 0.29) is 11.9 Å². The van der Waals surface area contributed by atoms with Crippen LogP contribution in [0.2, 0.25) is 0 Å². The molecule has 3 rings (SSSR count). The van der Waals surface area contributed by atoms with E-state index in [1.54, 1.807) is 35.4 Å². The molecule has 3 aromatic heterocycles. The summed E-state index contributed by atoms with van der Waals surface area (Å²) in [4.78, 5) is 16.6. The van der Waals surface area contributed by atoms with Crippen molar-refractivity contribution < 1.29 is 4.79 Å². The van der Waals surface area contributed by atoms with E-state index in [9.17, 15) is 4.79 Å². The van der Waals surface area contributed by atoms with Crippen LogP contribution in [0, 0.1) is 13.8 Å². The van der Waals surface area contributed by atoms with Gasteiger partial charge in [0.25, 0.3) is 5.91 Å². The first kappa shape index (κ1) is 15.0. The Morgan fingerprint density at radius 2 is 2.17 bits per heavy atom. The molecule has 0 aliphatic heterocycles. The molecular formula is C16H18N6O. The number of pyridine rings is 1. The van der Waals surface area contributed by atoms with Crippen LogP contribution in [0.4, 0.5) is 0 Å². The molecule has 7 heteroatoms. The quantitative estimate of drug-likeness (QED) is 0.772. The second-order valence-corrected chi connectivity index (χ2v) is 5.40. The number of carbonyl (C=O) groups is 1. The molecule has 0 radical (unpaired) electrons. The van der Waals surface area contributed by atoms with Crippen molar-refractivity contribution in [3.8, 4) is 5.82 Å². The molecule has 0 aliphatic rings. The molecule has 1 unspecified atom stereocenters. The van der Waals surface area contributed by atoms with E-state index >= 15 is 0 Å². The molecule has 1 amide bonds. The molecule has 0 bridgehead atoms. The van der Waals surface area contributed by atoms with Gasteiger partial charge in [-0.3, -0.25) is 9.89 Å². The third-order valence-corrected chi connectivity index (χ3v) is 3.71. The summed E-state index contributed by atoms with van der Waals surface area (Å²) in [6, 6.07) is 5.19. The number of nitrogens with zero attached hydrogens (tertiary/aromatic N) is 4. The summed E-state index contributed by atoms with van der Waals surface area (Å²) >= 11 is 0. The van der Waals surface area contributed by atoms with Crippen molar-refractivity contribution in [2.24, 2.45) is 0 Å². The van der Waals surface area contributed by atoms with Gasteiger partial charge in [-0.25, -0.2) is 9.67 Å². The zero-order valence-electron chi connectivity index (χ0n) is 13.2. The van der Waals surface area contributed by atoms with Gasteiger partial charge in [0.1, 0.15) is 0 Å². The van der Waals surface area contributed by atoms with E-state index in [0.717, 1.165) is 17.0 Å². The Morgan fingerprint density at radius 3 is 2.74 bits per heavy atom. The van der Waals surface area contributed by atoms with Crippen LogP contribution in [-0.4, -0.2) is 30.9 Å². The molecule has 3 aromatic rings. The summed E-state index contributed by atoms with van der Waals surface area (Å²) in [7, 11) is 0. The third kappa shape index (κ3) is 2.98. The van der Waals surface area contributed by atoms with E-state index in [0.29, 0.717) is 11.4 Å². The second-order valence-electron chi connectivity index (χ2n) is 5.40. The van der Waals surface area contributed by atoms with Crippen LogP contribution in [0.3, 0.4) is 0 Å². The van der Waals surface area contributed by atoms with Gasteiger partial charge in [-0.05, 0) is 39.0 Å². The van der Waals surface area contributed by atoms with Gasteiger partial charge in [-0.1, -0.05) is 0 Å². The highest BCUT2D eigenvalue weighted by Crippen LogP contribution is 2.19. The summed E-state index contributed by atoms with van der Waals surface area (Å²) < 4.78 is 1.64. The van der Waals surface area contributed by atoms with Crippen molar-refractivity contribution in [2.45, 2.75) is 26.8 Å². The normalized spacial score (nSPS) is 12.1. The van der Waals surface area contributed by atoms with Gasteiger partial charge < -0.3 is 5.32 Å². The number of aromatic nitrogens is 5. The first-order valence-electron chi connectivity index (χ1n) is 7.34. The Labute approximate surface area is 133 Å². The maximum Gasteiger partial charge on any atom is 0.253 e. The molecule has 0 fully saturated rings. The van der Waals surface area contributed by atoms with E-state index in [1.807, 2.05) is 26.8 Å². The second kappa shape index (κ2) is 6.04. The summed E-state index contributed by atoms with van der Waals surface area (Å²) in [5, 5.41) is 14.2. The van der Waals surface area contributed by atoms with Crippen molar-refractivity contribution in [3.63, 3.8) is 0 Å². The monoisotopic (exact) mass is 310 g/mol. The van der Waals surface area contributed by atoms with Gasteiger partial charge in [-0.2, -0.15) is 10.2 Å². The zero-order chi connectivity index (χ0) is 16.4. The fourth-order valence-corrected chi connectivity index (χ4v) is 2.61. The van der Waals surface area contributed by atoms with Crippen molar-refractivity contribution in [1.82, 2.24) is 30.3 Å². The molecule has 7 nitrogen and oxygen atoms in total. The first-order valence-corrected chi connectivity index (χ1v) is 7.34. The van der Waals surface area contributed by atoms with Crippen molar-refractivity contribution in [1.29, 1.82) is 0 Å². The van der Waals surface area contributed by atoms with Crippen molar-refractivity contribution in [2.75, 3.05) is 0 Å². The topological polar surface area (TPSA) is 88.5 Å². The predicted octanol–water partition coefficient (Wildman–Crippen LogP) is 2.10. The summed E-state index contributed by atoms with van der Waals surface area (Å²) in [6.45, 7) is 5.80. The SMILES string of the molecule is Cc1n[nH]c(C)c1C(C)NC(=O)c1ccc(-n2cccn2)nc1. The molecular weight excluding hydrogens is 292 g/mol. The molecule has 2 N–H and O–H groups in total. The van der Waals surface area contributed by atoms with Gasteiger partial charge in [0.2, 0.25) is 0 Å². The van der Waals surface area contributed by atoms with Crippen LogP contribution >= 0.6 is 0 Å². The van der Waals surface area contributed by atoms with E-state index in [4.69, 9.17) is 0 Å². The lowest BCUT2D eigenvalue weighted by atomic mass is 10.1. The Kier molecular flexibility index (Phi) is 3.92. The third-order valence-electron chi connectivity index (χ3n) is 3.71. The number of nitrogens with one attached hydrogen (secondary N) is 2. The highest BCUT2D eigenvalue weighted by Gasteiger charge is 2.17. The molecule has 0 aromatic carbocycles. The highest BCUT2D eigenvalue weighted by molar-refractivity contribution is 5.94. The molecule has 0 saturated heterocycles. The largest absolute Gasteiger partial charge is 0.345 e. The van der Waals surface area contributed by atoms with Gasteiger partial charge in [0, 0.05) is 29.8 Å². The lowest BCUT2D eigenvalue weighted by Gasteiger charge is -2.14. The molecule has 23 heavy (non-hydrogen) atoms. The standard InChI is InChI=1S/C16H18N6O/c1-10(15-11(2)20-21-12(15)3)19-16(23)13-5-6-14(17-9-13)22-8-4-7-18-22/h4-10H,1-3H3,(H,19,23)(H,20,21). The first-order chi connectivity index (χ1) is 11.1. The van der Waals surface area contributed by atoms with Crippen LogP contribution in [0.25, 0.3) is 5.82 Å². The minimum atomic E-state index is -0.169. The van der Waals surface area contributed by atoms with Gasteiger partial charge in [-0.15, -0.1) is 0 Å². The fraction of sp³-hybridized carbons (Fsp3) is 0.250. The number of amides is 1. The number of hydrogen-bond acceptors (Lipinski definition) is 4. The molecule has 1 atom stereocenters. The number of aromatic amines is 1. The fourth-order valence-electron chi connectivity index (χ4n) is 2.61. The predicted molar refractivity (Wildman–Crippen MR) is 85.3 cm³/mol. The molecule has 0 aliphatic carbocycles. The minimum absolute atomic E-state index is 0.132. The van der Waals surface area contributed by atoms with Crippen LogP contribution in [0.15, 0.2) is 36.8 Å². The highest BCUT2D eigenvalue weighted by atomic mass is 16.1. The number of carbonyl (C=O) groups excluding carboxylic acids is 1. The minimum Gasteiger partial charge on any atom is -0.345 e. The number of H-pyrrole nitrogens is 1. The van der Waals surface area contributed by atoms with E-state index < -0.39 is 0 Å². The Morgan fingerprint density at radius 1 is 1.35 bits per heavy atom. The maximum atomic E-state index is 12.4. The van der Waals surface area contributed by atoms with Crippen LogP contribution in [0.5, 0.6) is 0 Å². The molecule has 3 heterocycles. The summed E-state index contributed by atoms with van der Waals surface area (Å²) in [5.41, 5.74) is 3.37. The average molecular weight is 310 g/mol. The summed E-state index contributed by atoms with van der Waals surface area (Å²) in [6.07, 6.45) is 5.03. The van der Waals surface area contributed by atoms with E-state index in [2.05, 4.69) is 25.6 Å². The van der Waals surface area contributed by atoms with Gasteiger partial charge in [0.05, 0.1) is 17.3 Å². The molecule has 0 spiro atoms. The van der Waals surface area contributed by atoms with Gasteiger partial charge >= 0.3 is 0 Å². The Hall–Kier alpha value is -2.96. The lowest BCUT2D eigenvalue weighted by Crippen LogP contribution is -2.27. The van der Waals surface area contributed by atoms with Crippen LogP contribution < -0.4 is 5.32 Å². The molecule has 118 valence electrons. The maximum absolute atomic E-state index is 12.4. The van der Waals surface area contributed by atoms with Crippen LogP contribution in [-0.2, 0) is 0 Å². The molecule has 0 saturated carbocycles. The Balaban J connectivity index is 1.73. The average Bonchev–Trinajstić information content (AvgIpc) is 3.17.